The molecule has 164 valence electrons. The van der Waals surface area contributed by atoms with Gasteiger partial charge >= 0.3 is 0 Å². The predicted octanol–water partition coefficient (Wildman–Crippen LogP) is 3.86. The molecule has 0 radical (unpaired) electrons. The predicted molar refractivity (Wildman–Crippen MR) is 120 cm³/mol. The smallest absolute Gasteiger partial charge is 0.266 e. The van der Waals surface area contributed by atoms with E-state index in [1.165, 1.54) is 0 Å². The van der Waals surface area contributed by atoms with E-state index in [4.69, 9.17) is 4.74 Å². The summed E-state index contributed by atoms with van der Waals surface area (Å²) < 4.78 is 5.87. The van der Waals surface area contributed by atoms with Gasteiger partial charge in [0.25, 0.3) is 17.7 Å². The minimum Gasteiger partial charge on any atom is -0.481 e. The summed E-state index contributed by atoms with van der Waals surface area (Å²) in [7, 11) is 0. The molecule has 3 aromatic rings. The van der Waals surface area contributed by atoms with Crippen LogP contribution in [0.1, 0.15) is 58.0 Å². The van der Waals surface area contributed by atoms with Crippen LogP contribution < -0.4 is 10.1 Å². The Labute approximate surface area is 189 Å². The molecule has 32 heavy (non-hydrogen) atoms. The van der Waals surface area contributed by atoms with Gasteiger partial charge in [-0.3, -0.25) is 24.6 Å². The number of imide groups is 1. The highest BCUT2D eigenvalue weighted by Gasteiger charge is 2.35. The van der Waals surface area contributed by atoms with Gasteiger partial charge < -0.3 is 4.74 Å². The number of nitrogens with zero attached hydrogens (tertiary/aromatic N) is 3. The highest BCUT2D eigenvalue weighted by atomic mass is 32.1. The Morgan fingerprint density at radius 3 is 2.28 bits per heavy atom. The minimum atomic E-state index is -0.751. The Hall–Kier alpha value is -3.59. The lowest BCUT2D eigenvalue weighted by atomic mass is 10.0. The highest BCUT2D eigenvalue weighted by Crippen LogP contribution is 2.28. The van der Waals surface area contributed by atoms with Crippen molar-refractivity contribution in [2.45, 2.75) is 39.3 Å². The molecule has 9 heteroatoms. The van der Waals surface area contributed by atoms with Crippen molar-refractivity contribution < 1.29 is 19.1 Å². The number of carbonyl (C=O) groups is 3. The molecule has 0 spiro atoms. The second-order valence-electron chi connectivity index (χ2n) is 7.68. The van der Waals surface area contributed by atoms with Gasteiger partial charge in [0.15, 0.2) is 6.10 Å². The molecule has 1 atom stereocenters. The first-order chi connectivity index (χ1) is 15.3. The quantitative estimate of drug-likeness (QED) is 0.549. The van der Waals surface area contributed by atoms with E-state index in [0.717, 1.165) is 21.8 Å². The van der Waals surface area contributed by atoms with E-state index in [1.54, 1.807) is 31.2 Å². The van der Waals surface area contributed by atoms with Gasteiger partial charge in [0.1, 0.15) is 10.8 Å². The molecule has 2 heterocycles. The maximum Gasteiger partial charge on any atom is 0.266 e. The number of benzene rings is 2. The number of fused-ring (bicyclic) bond motifs is 1. The Morgan fingerprint density at radius 2 is 1.62 bits per heavy atom. The van der Waals surface area contributed by atoms with Crippen molar-refractivity contribution in [1.82, 2.24) is 15.1 Å². The van der Waals surface area contributed by atoms with Gasteiger partial charge in [0, 0.05) is 0 Å². The molecule has 1 aliphatic heterocycles. The van der Waals surface area contributed by atoms with E-state index in [2.05, 4.69) is 29.4 Å². The number of hydrogen-bond acceptors (Lipinski definition) is 7. The standard InChI is InChI=1S/C23H22N4O4S/c1-13(2)15-8-6-7-11-18(15)31-14(3)20(28)24-23-26-25-19(32-23)12-27-21(29)16-9-4-5-10-17(16)22(27)30/h4-11,13-14H,12H2,1-3H3,(H,24,26,28). The molecule has 1 aromatic heterocycles. The maximum absolute atomic E-state index is 12.6. The van der Waals surface area contributed by atoms with E-state index in [-0.39, 0.29) is 35.3 Å². The molecular weight excluding hydrogens is 428 g/mol. The van der Waals surface area contributed by atoms with Gasteiger partial charge in [-0.05, 0) is 36.6 Å². The molecular formula is C23H22N4O4S. The lowest BCUT2D eigenvalue weighted by Gasteiger charge is -2.18. The molecule has 1 unspecified atom stereocenters. The molecule has 2 aromatic carbocycles. The number of anilines is 1. The summed E-state index contributed by atoms with van der Waals surface area (Å²) in [6.45, 7) is 5.77. The molecule has 3 amide bonds. The molecule has 0 aliphatic carbocycles. The average Bonchev–Trinajstić information content (AvgIpc) is 3.32. The second-order valence-corrected chi connectivity index (χ2v) is 8.75. The summed E-state index contributed by atoms with van der Waals surface area (Å²) in [4.78, 5) is 38.7. The largest absolute Gasteiger partial charge is 0.481 e. The summed E-state index contributed by atoms with van der Waals surface area (Å²) in [5.74, 6) is -0.176. The molecule has 4 rings (SSSR count). The van der Waals surface area contributed by atoms with Gasteiger partial charge in [-0.25, -0.2) is 0 Å². The molecule has 0 fully saturated rings. The lowest BCUT2D eigenvalue weighted by Crippen LogP contribution is -2.30. The molecule has 0 bridgehead atoms. The van der Waals surface area contributed by atoms with Crippen molar-refractivity contribution in [3.63, 3.8) is 0 Å². The SMILES string of the molecule is CC(Oc1ccccc1C(C)C)C(=O)Nc1nnc(CN2C(=O)c3ccccc3C2=O)s1. The topological polar surface area (TPSA) is 101 Å². The van der Waals surface area contributed by atoms with Gasteiger partial charge in [0.2, 0.25) is 5.13 Å². The molecule has 0 saturated carbocycles. The lowest BCUT2D eigenvalue weighted by molar-refractivity contribution is -0.122. The van der Waals surface area contributed by atoms with Crippen LogP contribution in [0.4, 0.5) is 5.13 Å². The van der Waals surface area contributed by atoms with Crippen LogP contribution in [-0.2, 0) is 11.3 Å². The van der Waals surface area contributed by atoms with Crippen molar-refractivity contribution in [2.75, 3.05) is 5.32 Å². The average molecular weight is 451 g/mol. The molecule has 1 N–H and O–H groups in total. The number of carbonyl (C=O) groups excluding carboxylic acids is 3. The first-order valence-corrected chi connectivity index (χ1v) is 11.0. The number of para-hydroxylation sites is 1. The normalized spacial score (nSPS) is 13.9. The fraction of sp³-hybridized carbons (Fsp3) is 0.261. The fourth-order valence-electron chi connectivity index (χ4n) is 3.40. The van der Waals surface area contributed by atoms with Crippen LogP contribution in [0.25, 0.3) is 0 Å². The van der Waals surface area contributed by atoms with Crippen LogP contribution in [-0.4, -0.2) is 38.9 Å². The highest BCUT2D eigenvalue weighted by molar-refractivity contribution is 7.15. The van der Waals surface area contributed by atoms with E-state index < -0.39 is 6.10 Å². The number of rotatable bonds is 7. The van der Waals surface area contributed by atoms with Crippen molar-refractivity contribution in [3.8, 4) is 5.75 Å². The first kappa shape index (κ1) is 21.6. The van der Waals surface area contributed by atoms with E-state index >= 15 is 0 Å². The summed E-state index contributed by atoms with van der Waals surface area (Å²) in [6, 6.07) is 14.3. The van der Waals surface area contributed by atoms with Crippen LogP contribution in [0.5, 0.6) is 5.75 Å². The van der Waals surface area contributed by atoms with Crippen molar-refractivity contribution in [1.29, 1.82) is 0 Å². The third-order valence-electron chi connectivity index (χ3n) is 5.08. The van der Waals surface area contributed by atoms with Crippen molar-refractivity contribution >= 4 is 34.2 Å². The number of aromatic nitrogens is 2. The number of hydrogen-bond donors (Lipinski definition) is 1. The van der Waals surface area contributed by atoms with Crippen LogP contribution in [0.15, 0.2) is 48.5 Å². The Morgan fingerprint density at radius 1 is 1.00 bits per heavy atom. The van der Waals surface area contributed by atoms with Gasteiger partial charge in [-0.2, -0.15) is 0 Å². The monoisotopic (exact) mass is 450 g/mol. The summed E-state index contributed by atoms with van der Waals surface area (Å²) in [5.41, 5.74) is 1.78. The van der Waals surface area contributed by atoms with Crippen molar-refractivity contribution in [2.24, 2.45) is 0 Å². The number of amides is 3. The minimum absolute atomic E-state index is 0.00625. The summed E-state index contributed by atoms with van der Waals surface area (Å²) in [5, 5.41) is 11.4. The first-order valence-electron chi connectivity index (χ1n) is 10.2. The Balaban J connectivity index is 1.39. The second kappa shape index (κ2) is 8.88. The third kappa shape index (κ3) is 4.24. The Bertz CT molecular complexity index is 1150. The molecule has 0 saturated heterocycles. The van der Waals surface area contributed by atoms with Crippen LogP contribution >= 0.6 is 11.3 Å². The maximum atomic E-state index is 12.6. The summed E-state index contributed by atoms with van der Waals surface area (Å²) >= 11 is 1.11. The number of nitrogens with one attached hydrogen (secondary N) is 1. The third-order valence-corrected chi connectivity index (χ3v) is 5.91. The van der Waals surface area contributed by atoms with Crippen LogP contribution in [0, 0.1) is 0 Å². The molecule has 8 nitrogen and oxygen atoms in total. The van der Waals surface area contributed by atoms with E-state index in [1.807, 2.05) is 24.3 Å². The van der Waals surface area contributed by atoms with Crippen LogP contribution in [0.2, 0.25) is 0 Å². The van der Waals surface area contributed by atoms with Crippen LogP contribution in [0.3, 0.4) is 0 Å². The van der Waals surface area contributed by atoms with Gasteiger partial charge in [-0.1, -0.05) is 55.5 Å². The zero-order valence-corrected chi connectivity index (χ0v) is 18.7. The van der Waals surface area contributed by atoms with Gasteiger partial charge in [0.05, 0.1) is 17.7 Å². The molecule has 1 aliphatic rings. The van der Waals surface area contributed by atoms with E-state index in [9.17, 15) is 14.4 Å². The zero-order chi connectivity index (χ0) is 22.8. The van der Waals surface area contributed by atoms with E-state index in [0.29, 0.717) is 21.9 Å². The zero-order valence-electron chi connectivity index (χ0n) is 17.9. The van der Waals surface area contributed by atoms with Gasteiger partial charge in [-0.15, -0.1) is 10.2 Å². The summed E-state index contributed by atoms with van der Waals surface area (Å²) in [6.07, 6.45) is -0.751. The Kier molecular flexibility index (Phi) is 6.00. The fourth-order valence-corrected chi connectivity index (χ4v) is 4.13. The number of ether oxygens (including phenoxy) is 1. The van der Waals surface area contributed by atoms with Crippen molar-refractivity contribution in [3.05, 3.63) is 70.2 Å².